The Kier molecular flexibility index (Phi) is 14.9. The average Bonchev–Trinajstić information content (AvgIpc) is 3.84. The number of imide groups is 1. The number of anilines is 4. The number of carbonyl (C=O) groups is 5. The number of nitrogens with zero attached hydrogens (tertiary/aromatic N) is 6. The summed E-state index contributed by atoms with van der Waals surface area (Å²) in [4.78, 5) is 85.4. The van der Waals surface area contributed by atoms with Gasteiger partial charge in [0.25, 0.3) is 5.91 Å². The molecule has 1 aliphatic carbocycles. The minimum Gasteiger partial charge on any atom is -0.483 e. The van der Waals surface area contributed by atoms with Crippen molar-refractivity contribution in [3.8, 4) is 23.3 Å². The number of pyridine rings is 1. The molecule has 9 rings (SSSR count). The standard InChI is InChI=1S/C48H47ClF2N10O12S/c1-69-47-58-45(55-32-24-26(74(2,67)68)11-13-31(32)54-39(40-30(49)8-5-15-53-40)29-7-4-10-34-43(29)73-48(50,51)72-34)57-46(59-47)61-19-17-60(18-20-61)21-23-70-22-16-52-36(63)25-71-33-9-3-6-27-37(33)42(65)38(41(27)64)28-12-14-35(62)56-44(28)66/h3-11,13,15,24,28,38-39,54H,12,14,16-23,25H2,1-2H3,(H,52,63)(H,56,62,66)(H,55,57,58,59)/t28?,38?,39-/m0/s1. The number of aromatic nitrogens is 4. The molecule has 5 heterocycles. The number of fused-ring (bicyclic) bond motifs is 2. The molecule has 2 saturated heterocycles. The molecule has 2 unspecified atom stereocenters. The van der Waals surface area contributed by atoms with Gasteiger partial charge in [0.15, 0.2) is 39.5 Å². The molecule has 3 aromatic carbocycles. The fourth-order valence-electron chi connectivity index (χ4n) is 8.89. The van der Waals surface area contributed by atoms with Gasteiger partial charge in [-0.15, -0.1) is 8.78 Å². The van der Waals surface area contributed by atoms with Crippen LogP contribution in [0.25, 0.3) is 0 Å². The Balaban J connectivity index is 0.783. The molecule has 4 N–H and O–H groups in total. The number of piperidine rings is 1. The van der Waals surface area contributed by atoms with E-state index in [0.717, 1.165) is 6.26 Å². The van der Waals surface area contributed by atoms with E-state index in [1.165, 1.54) is 61.8 Å². The minimum atomic E-state index is -3.93. The Bertz CT molecular complexity index is 3150. The average molecular weight is 1060 g/mol. The molecule has 2 aromatic heterocycles. The van der Waals surface area contributed by atoms with Crippen molar-refractivity contribution < 1.29 is 64.9 Å². The summed E-state index contributed by atoms with van der Waals surface area (Å²) in [6.07, 6.45) is -1.30. The lowest BCUT2D eigenvalue weighted by atomic mass is 9.82. The SMILES string of the molecule is COc1nc(Nc2cc(S(C)(=O)=O)ccc2N[C@@H](c2cccc3c2OC(F)(F)O3)c2ncccc2Cl)nc(N2CCN(CCOCCNC(=O)COc3cccc4c3C(=O)C(C3CCC(=O)NC3=O)C4=O)CC2)n1. The Hall–Kier alpha value is -7.61. The van der Waals surface area contributed by atoms with E-state index in [9.17, 15) is 41.2 Å². The summed E-state index contributed by atoms with van der Waals surface area (Å²) in [5, 5.41) is 11.5. The fraction of sp³-hybridized carbons (Fsp3) is 0.354. The Labute approximate surface area is 426 Å². The number of ketones is 2. The third-order valence-electron chi connectivity index (χ3n) is 12.5. The maximum Gasteiger partial charge on any atom is 0.586 e. The van der Waals surface area contributed by atoms with Gasteiger partial charge < -0.3 is 44.5 Å². The zero-order chi connectivity index (χ0) is 52.3. The maximum atomic E-state index is 14.4. The predicted octanol–water partition coefficient (Wildman–Crippen LogP) is 3.98. The predicted molar refractivity (Wildman–Crippen MR) is 259 cm³/mol. The number of hydrogen-bond donors (Lipinski definition) is 4. The summed E-state index contributed by atoms with van der Waals surface area (Å²) < 4.78 is 81.0. The molecule has 0 spiro atoms. The van der Waals surface area contributed by atoms with Crippen LogP contribution in [0, 0.1) is 11.8 Å². The van der Waals surface area contributed by atoms with Crippen molar-refractivity contribution in [2.75, 3.05) is 88.0 Å². The number of halogens is 3. The number of alkyl halides is 2. The molecule has 2 fully saturated rings. The number of benzene rings is 3. The second kappa shape index (κ2) is 21.5. The van der Waals surface area contributed by atoms with E-state index in [4.69, 9.17) is 35.3 Å². The summed E-state index contributed by atoms with van der Waals surface area (Å²) >= 11 is 6.63. The van der Waals surface area contributed by atoms with Gasteiger partial charge >= 0.3 is 12.3 Å². The van der Waals surface area contributed by atoms with Crippen LogP contribution in [-0.4, -0.2) is 141 Å². The molecule has 5 aromatic rings. The first-order chi connectivity index (χ1) is 35.5. The van der Waals surface area contributed by atoms with E-state index in [2.05, 4.69) is 46.1 Å². The summed E-state index contributed by atoms with van der Waals surface area (Å²) in [5.41, 5.74) is 0.990. The highest BCUT2D eigenvalue weighted by atomic mass is 35.5. The topological polar surface area (TPSA) is 272 Å². The number of hydrogen-bond acceptors (Lipinski definition) is 20. The van der Waals surface area contributed by atoms with E-state index in [-0.39, 0.29) is 105 Å². The van der Waals surface area contributed by atoms with Gasteiger partial charge in [-0.05, 0) is 48.9 Å². The lowest BCUT2D eigenvalue weighted by molar-refractivity contribution is -0.287. The molecule has 388 valence electrons. The van der Waals surface area contributed by atoms with Gasteiger partial charge in [0.2, 0.25) is 23.7 Å². The van der Waals surface area contributed by atoms with Gasteiger partial charge in [-0.2, -0.15) is 15.0 Å². The molecule has 22 nitrogen and oxygen atoms in total. The fourth-order valence-corrected chi connectivity index (χ4v) is 9.76. The van der Waals surface area contributed by atoms with Crippen LogP contribution in [0.15, 0.2) is 77.8 Å². The van der Waals surface area contributed by atoms with Crippen LogP contribution >= 0.6 is 11.6 Å². The number of nitrogens with one attached hydrogen (secondary N) is 4. The monoisotopic (exact) mass is 1060 g/mol. The molecule has 26 heteroatoms. The zero-order valence-corrected chi connectivity index (χ0v) is 41.1. The number of para-hydroxylation sites is 1. The van der Waals surface area contributed by atoms with Crippen LogP contribution in [0.3, 0.4) is 0 Å². The molecular weight excluding hydrogens is 1010 g/mol. The molecule has 4 aliphatic rings. The Morgan fingerprint density at radius 1 is 0.959 bits per heavy atom. The smallest absolute Gasteiger partial charge is 0.483 e. The number of Topliss-reactive ketones (excluding diaryl/α,β-unsaturated/α-hetero) is 2. The van der Waals surface area contributed by atoms with E-state index in [1.807, 2.05) is 4.90 Å². The molecule has 0 saturated carbocycles. The van der Waals surface area contributed by atoms with Gasteiger partial charge in [0.1, 0.15) is 5.75 Å². The molecular formula is C48H47ClF2N10O12S. The van der Waals surface area contributed by atoms with Crippen molar-refractivity contribution in [1.82, 2.24) is 35.5 Å². The number of ether oxygens (including phenoxy) is 5. The third kappa shape index (κ3) is 11.3. The van der Waals surface area contributed by atoms with Crippen LogP contribution < -0.4 is 45.1 Å². The molecule has 3 amide bonds. The molecule has 3 aliphatic heterocycles. The number of methoxy groups -OCH3 is 1. The van der Waals surface area contributed by atoms with Crippen LogP contribution in [0.5, 0.6) is 23.3 Å². The van der Waals surface area contributed by atoms with E-state index in [0.29, 0.717) is 39.3 Å². The second-order valence-corrected chi connectivity index (χ2v) is 19.8. The molecule has 0 bridgehead atoms. The summed E-state index contributed by atoms with van der Waals surface area (Å²) in [7, 11) is -2.36. The second-order valence-electron chi connectivity index (χ2n) is 17.4. The minimum absolute atomic E-state index is 0.00485. The van der Waals surface area contributed by atoms with Gasteiger partial charge in [0, 0.05) is 69.3 Å². The molecule has 74 heavy (non-hydrogen) atoms. The molecule has 3 atom stereocenters. The van der Waals surface area contributed by atoms with E-state index >= 15 is 0 Å². The Morgan fingerprint density at radius 2 is 1.76 bits per heavy atom. The summed E-state index contributed by atoms with van der Waals surface area (Å²) in [5.74, 6) is -5.09. The van der Waals surface area contributed by atoms with Gasteiger partial charge in [-0.3, -0.25) is 39.2 Å². The lowest BCUT2D eigenvalue weighted by Crippen LogP contribution is -2.48. The largest absolute Gasteiger partial charge is 0.586 e. The highest BCUT2D eigenvalue weighted by Crippen LogP contribution is 2.48. The van der Waals surface area contributed by atoms with Gasteiger partial charge in [-0.1, -0.05) is 35.9 Å². The highest BCUT2D eigenvalue weighted by Gasteiger charge is 2.49. The number of amides is 3. The number of rotatable bonds is 19. The lowest BCUT2D eigenvalue weighted by Gasteiger charge is -2.34. The normalized spacial score (nSPS) is 18.6. The first kappa shape index (κ1) is 51.3. The number of sulfone groups is 1. The van der Waals surface area contributed by atoms with Crippen LogP contribution in [0.4, 0.5) is 32.1 Å². The van der Waals surface area contributed by atoms with E-state index < -0.39 is 69.9 Å². The number of carbonyl (C=O) groups excluding carboxylic acids is 5. The van der Waals surface area contributed by atoms with Crippen molar-refractivity contribution in [2.24, 2.45) is 11.8 Å². The molecule has 0 radical (unpaired) electrons. The van der Waals surface area contributed by atoms with Crippen molar-refractivity contribution in [3.05, 3.63) is 100 Å². The quantitative estimate of drug-likeness (QED) is 0.0517. The number of piperazine rings is 1. The maximum absolute atomic E-state index is 14.4. The Morgan fingerprint density at radius 3 is 2.51 bits per heavy atom. The first-order valence-corrected chi connectivity index (χ1v) is 25.4. The zero-order valence-electron chi connectivity index (χ0n) is 39.6. The van der Waals surface area contributed by atoms with Crippen LogP contribution in [0.1, 0.15) is 50.9 Å². The van der Waals surface area contributed by atoms with Crippen molar-refractivity contribution >= 4 is 74.0 Å². The van der Waals surface area contributed by atoms with Crippen molar-refractivity contribution in [3.63, 3.8) is 0 Å². The van der Waals surface area contributed by atoms with E-state index in [1.54, 1.807) is 18.2 Å². The highest BCUT2D eigenvalue weighted by molar-refractivity contribution is 7.90. The van der Waals surface area contributed by atoms with Crippen molar-refractivity contribution in [2.45, 2.75) is 30.1 Å². The summed E-state index contributed by atoms with van der Waals surface area (Å²) in [6, 6.07) is 15.2. The summed E-state index contributed by atoms with van der Waals surface area (Å²) in [6.45, 7) is 3.07. The van der Waals surface area contributed by atoms with Gasteiger partial charge in [0.05, 0.1) is 70.8 Å². The van der Waals surface area contributed by atoms with Gasteiger partial charge in [-0.25, -0.2) is 8.42 Å². The van der Waals surface area contributed by atoms with Crippen LogP contribution in [-0.2, 0) is 29.0 Å². The van der Waals surface area contributed by atoms with Crippen molar-refractivity contribution in [1.29, 1.82) is 0 Å². The first-order valence-electron chi connectivity index (χ1n) is 23.1. The third-order valence-corrected chi connectivity index (χ3v) is 13.9. The van der Waals surface area contributed by atoms with Crippen LogP contribution in [0.2, 0.25) is 5.02 Å².